The number of anilines is 3. The second-order valence-corrected chi connectivity index (χ2v) is 9.74. The fourth-order valence-electron chi connectivity index (χ4n) is 5.94. The summed E-state index contributed by atoms with van der Waals surface area (Å²) in [5.74, 6) is -0.00130. The molecule has 1 spiro atoms. The number of benzene rings is 5. The van der Waals surface area contributed by atoms with Gasteiger partial charge in [0, 0.05) is 11.3 Å². The Morgan fingerprint density at radius 1 is 0.744 bits per heavy atom. The molecule has 39 heavy (non-hydrogen) atoms. The highest BCUT2D eigenvalue weighted by molar-refractivity contribution is 6.23. The lowest BCUT2D eigenvalue weighted by molar-refractivity contribution is -0.122. The molecule has 5 aromatic rings. The van der Waals surface area contributed by atoms with E-state index in [9.17, 15) is 9.59 Å². The van der Waals surface area contributed by atoms with Crippen molar-refractivity contribution in [2.24, 2.45) is 0 Å². The van der Waals surface area contributed by atoms with E-state index in [2.05, 4.69) is 29.6 Å². The van der Waals surface area contributed by atoms with Crippen LogP contribution in [0.3, 0.4) is 0 Å². The Kier molecular flexibility index (Phi) is 5.16. The van der Waals surface area contributed by atoms with Gasteiger partial charge in [-0.05, 0) is 46.7 Å². The van der Waals surface area contributed by atoms with E-state index in [0.717, 1.165) is 22.0 Å². The lowest BCUT2D eigenvalue weighted by Gasteiger charge is -2.45. The fourth-order valence-corrected chi connectivity index (χ4v) is 5.94. The Balaban J connectivity index is 1.46. The third-order valence-electron chi connectivity index (χ3n) is 7.69. The first kappa shape index (κ1) is 23.0. The number of fused-ring (bicyclic) bond motifs is 4. The zero-order chi connectivity index (χ0) is 26.6. The van der Waals surface area contributed by atoms with Crippen molar-refractivity contribution in [3.8, 4) is 5.75 Å². The van der Waals surface area contributed by atoms with Crippen LogP contribution in [-0.4, -0.2) is 18.9 Å². The minimum atomic E-state index is -1.50. The average molecular weight is 512 g/mol. The summed E-state index contributed by atoms with van der Waals surface area (Å²) >= 11 is 0. The molecule has 0 saturated heterocycles. The zero-order valence-corrected chi connectivity index (χ0v) is 21.3. The number of hydrogen-bond acceptors (Lipinski definition) is 4. The molecule has 0 aliphatic carbocycles. The van der Waals surface area contributed by atoms with Crippen LogP contribution < -0.4 is 19.9 Å². The predicted molar refractivity (Wildman–Crippen MR) is 153 cm³/mol. The maximum atomic E-state index is 14.8. The quantitative estimate of drug-likeness (QED) is 0.307. The summed E-state index contributed by atoms with van der Waals surface area (Å²) in [4.78, 5) is 32.5. The summed E-state index contributed by atoms with van der Waals surface area (Å²) in [7, 11) is 1.57. The van der Waals surface area contributed by atoms with Gasteiger partial charge in [-0.1, -0.05) is 84.9 Å². The molecule has 1 atom stereocenters. The van der Waals surface area contributed by atoms with Crippen molar-refractivity contribution in [2.45, 2.75) is 12.2 Å². The van der Waals surface area contributed by atoms with E-state index >= 15 is 0 Å². The van der Waals surface area contributed by atoms with Gasteiger partial charge in [0.15, 0.2) is 0 Å². The monoisotopic (exact) mass is 511 g/mol. The first-order valence-electron chi connectivity index (χ1n) is 12.9. The zero-order valence-electron chi connectivity index (χ0n) is 21.3. The molecule has 2 aliphatic heterocycles. The summed E-state index contributed by atoms with van der Waals surface area (Å²) in [5, 5.41) is 5.72. The predicted octanol–water partition coefficient (Wildman–Crippen LogP) is 6.32. The van der Waals surface area contributed by atoms with Gasteiger partial charge in [0.25, 0.3) is 11.8 Å². The van der Waals surface area contributed by atoms with Gasteiger partial charge < -0.3 is 15.0 Å². The summed E-state index contributed by atoms with van der Waals surface area (Å²) in [6.45, 7) is 0.357. The number of ether oxygens (including phenoxy) is 1. The molecule has 2 aliphatic rings. The number of amides is 2. The maximum Gasteiger partial charge on any atom is 0.279 e. The van der Waals surface area contributed by atoms with Crippen molar-refractivity contribution in [3.63, 3.8) is 0 Å². The number of carbonyl (C=O) groups excluding carboxylic acids is 2. The third-order valence-corrected chi connectivity index (χ3v) is 7.69. The van der Waals surface area contributed by atoms with Crippen LogP contribution in [-0.2, 0) is 17.0 Å². The first-order valence-corrected chi connectivity index (χ1v) is 12.9. The molecule has 2 heterocycles. The number of methoxy groups -OCH3 is 1. The third kappa shape index (κ3) is 3.28. The number of carbonyl (C=O) groups is 2. The van der Waals surface area contributed by atoms with E-state index in [1.165, 1.54) is 0 Å². The smallest absolute Gasteiger partial charge is 0.279 e. The number of nitrogens with zero attached hydrogens (tertiary/aromatic N) is 2. The van der Waals surface area contributed by atoms with Gasteiger partial charge >= 0.3 is 0 Å². The molecular weight excluding hydrogens is 486 g/mol. The second-order valence-electron chi connectivity index (χ2n) is 9.74. The van der Waals surface area contributed by atoms with Crippen LogP contribution in [0.2, 0.25) is 0 Å². The van der Waals surface area contributed by atoms with Crippen LogP contribution >= 0.6 is 0 Å². The number of para-hydroxylation sites is 4. The topological polar surface area (TPSA) is 61.9 Å². The minimum Gasteiger partial charge on any atom is -0.495 e. The van der Waals surface area contributed by atoms with Gasteiger partial charge in [-0.25, -0.2) is 0 Å². The van der Waals surface area contributed by atoms with Crippen LogP contribution in [0.15, 0.2) is 115 Å². The highest BCUT2D eigenvalue weighted by Gasteiger charge is 2.60. The lowest BCUT2D eigenvalue weighted by atomic mass is 9.92. The van der Waals surface area contributed by atoms with Crippen LogP contribution in [0, 0.1) is 0 Å². The van der Waals surface area contributed by atoms with Crippen LogP contribution in [0.25, 0.3) is 10.8 Å². The Labute approximate surface area is 226 Å². The summed E-state index contributed by atoms with van der Waals surface area (Å²) < 4.78 is 5.68. The van der Waals surface area contributed by atoms with Crippen LogP contribution in [0.1, 0.15) is 21.5 Å². The van der Waals surface area contributed by atoms with Crippen molar-refractivity contribution in [3.05, 3.63) is 132 Å². The second kappa shape index (κ2) is 8.74. The summed E-state index contributed by atoms with van der Waals surface area (Å²) in [6, 6.07) is 36.6. The molecule has 1 N–H and O–H groups in total. The molecule has 190 valence electrons. The first-order chi connectivity index (χ1) is 19.1. The van der Waals surface area contributed by atoms with Gasteiger partial charge in [-0.15, -0.1) is 0 Å². The van der Waals surface area contributed by atoms with Gasteiger partial charge in [-0.3, -0.25) is 14.5 Å². The number of rotatable bonds is 4. The molecule has 0 aromatic heterocycles. The Morgan fingerprint density at radius 3 is 2.31 bits per heavy atom. The Hall–Kier alpha value is -5.10. The van der Waals surface area contributed by atoms with Crippen LogP contribution in [0.5, 0.6) is 5.75 Å². The van der Waals surface area contributed by atoms with Crippen molar-refractivity contribution >= 4 is 39.6 Å². The van der Waals surface area contributed by atoms with E-state index < -0.39 is 5.66 Å². The number of hydrogen-bond donors (Lipinski definition) is 1. The molecule has 0 fully saturated rings. The van der Waals surface area contributed by atoms with E-state index in [1.807, 2.05) is 78.9 Å². The van der Waals surface area contributed by atoms with Gasteiger partial charge in [-0.2, -0.15) is 0 Å². The van der Waals surface area contributed by atoms with Crippen molar-refractivity contribution in [2.75, 3.05) is 22.2 Å². The Morgan fingerprint density at radius 2 is 1.44 bits per heavy atom. The van der Waals surface area contributed by atoms with E-state index in [1.54, 1.807) is 29.0 Å². The molecule has 6 nitrogen and oxygen atoms in total. The van der Waals surface area contributed by atoms with Crippen LogP contribution in [0.4, 0.5) is 17.1 Å². The average Bonchev–Trinajstić information content (AvgIpc) is 3.20. The minimum absolute atomic E-state index is 0.231. The SMILES string of the molecule is COc1ccccc1N1C(=O)c2ccccc2N[C@]12C(=O)N(Cc1cccc3ccccc13)c1ccccc12. The highest BCUT2D eigenvalue weighted by Crippen LogP contribution is 2.51. The summed E-state index contributed by atoms with van der Waals surface area (Å²) in [6.07, 6.45) is 0. The normalized spacial score (nSPS) is 17.8. The molecule has 0 saturated carbocycles. The molecule has 7 rings (SSSR count). The lowest BCUT2D eigenvalue weighted by Crippen LogP contribution is -2.63. The summed E-state index contributed by atoms with van der Waals surface area (Å²) in [5.41, 5.74) is 2.62. The Bertz CT molecular complexity index is 1780. The molecule has 0 radical (unpaired) electrons. The molecule has 0 unspecified atom stereocenters. The maximum absolute atomic E-state index is 14.8. The molecule has 0 bridgehead atoms. The fraction of sp³-hybridized carbons (Fsp3) is 0.0909. The van der Waals surface area contributed by atoms with Crippen molar-refractivity contribution < 1.29 is 14.3 Å². The van der Waals surface area contributed by atoms with E-state index in [-0.39, 0.29) is 11.8 Å². The van der Waals surface area contributed by atoms with Gasteiger partial charge in [0.1, 0.15) is 5.75 Å². The number of nitrogens with one attached hydrogen (secondary N) is 1. The van der Waals surface area contributed by atoms with Crippen molar-refractivity contribution in [1.82, 2.24) is 0 Å². The highest BCUT2D eigenvalue weighted by atomic mass is 16.5. The van der Waals surface area contributed by atoms with Gasteiger partial charge in [0.05, 0.1) is 30.6 Å². The van der Waals surface area contributed by atoms with Crippen molar-refractivity contribution in [1.29, 1.82) is 0 Å². The van der Waals surface area contributed by atoms with E-state index in [0.29, 0.717) is 34.8 Å². The van der Waals surface area contributed by atoms with E-state index in [4.69, 9.17) is 4.74 Å². The molecule has 5 aromatic carbocycles. The molecular formula is C33H25N3O3. The standard InChI is InChI=1S/C33H25N3O3/c1-39-30-20-9-8-19-29(30)36-31(37)25-15-4-6-17-27(25)34-33(36)26-16-5-7-18-28(26)35(32(33)38)21-23-13-10-12-22-11-2-3-14-24(22)23/h2-20,34H,21H2,1H3/t33-/m0/s1. The molecule has 6 heteroatoms. The van der Waals surface area contributed by atoms with Gasteiger partial charge in [0.2, 0.25) is 5.66 Å². The molecule has 2 amide bonds. The largest absolute Gasteiger partial charge is 0.495 e.